The summed E-state index contributed by atoms with van der Waals surface area (Å²) in [5.74, 6) is -0.560. The van der Waals surface area contributed by atoms with Gasteiger partial charge in [0, 0.05) is 13.2 Å². The lowest BCUT2D eigenvalue weighted by Crippen LogP contribution is -2.57. The van der Waals surface area contributed by atoms with Gasteiger partial charge in [-0.25, -0.2) is 4.79 Å². The van der Waals surface area contributed by atoms with Crippen LogP contribution in [0, 0.1) is 5.92 Å². The molecule has 0 spiro atoms. The average Bonchev–Trinajstić information content (AvgIpc) is 3.18. The van der Waals surface area contributed by atoms with Crippen molar-refractivity contribution in [3.05, 3.63) is 0 Å². The number of nitrogens with zero attached hydrogens (tertiary/aromatic N) is 1. The Morgan fingerprint density at radius 3 is 2.55 bits per heavy atom. The van der Waals surface area contributed by atoms with Gasteiger partial charge in [-0.05, 0) is 46.0 Å². The number of hydrogen-bond donors (Lipinski definition) is 3. The zero-order chi connectivity index (χ0) is 24.4. The Hall–Kier alpha value is -1.87. The molecule has 9 heteroatoms. The molecule has 2 aliphatic rings. The van der Waals surface area contributed by atoms with E-state index in [2.05, 4.69) is 10.6 Å². The minimum atomic E-state index is -0.938. The van der Waals surface area contributed by atoms with E-state index in [0.29, 0.717) is 26.0 Å². The molecule has 4 atom stereocenters. The Morgan fingerprint density at radius 2 is 1.88 bits per heavy atom. The van der Waals surface area contributed by atoms with Crippen molar-refractivity contribution < 1.29 is 29.0 Å². The van der Waals surface area contributed by atoms with Crippen LogP contribution in [0.25, 0.3) is 0 Å². The van der Waals surface area contributed by atoms with E-state index in [-0.39, 0.29) is 37.0 Å². The van der Waals surface area contributed by atoms with Gasteiger partial charge >= 0.3 is 6.09 Å². The summed E-state index contributed by atoms with van der Waals surface area (Å²) in [5.41, 5.74) is -0.699. The number of alkyl carbamates (subject to hydrolysis) is 1. The van der Waals surface area contributed by atoms with E-state index in [1.807, 2.05) is 6.92 Å². The number of hydrogen-bond acceptors (Lipinski definition) is 6. The quantitative estimate of drug-likeness (QED) is 0.584. The molecule has 9 nitrogen and oxygen atoms in total. The zero-order valence-corrected chi connectivity index (χ0v) is 20.7. The maximum absolute atomic E-state index is 13.5. The molecule has 2 aliphatic heterocycles. The lowest BCUT2D eigenvalue weighted by molar-refractivity contribution is -0.142. The smallest absolute Gasteiger partial charge is 0.408 e. The fraction of sp³-hybridized carbons (Fsp3) is 0.875. The topological polar surface area (TPSA) is 117 Å². The normalized spacial score (nSPS) is 28.7. The van der Waals surface area contributed by atoms with Crippen LogP contribution < -0.4 is 10.6 Å². The van der Waals surface area contributed by atoms with Gasteiger partial charge in [-0.3, -0.25) is 9.59 Å². The van der Waals surface area contributed by atoms with Crippen molar-refractivity contribution in [2.45, 2.75) is 103 Å². The summed E-state index contributed by atoms with van der Waals surface area (Å²) in [6.07, 6.45) is 6.36. The van der Waals surface area contributed by atoms with Crippen LogP contribution in [-0.2, 0) is 19.1 Å². The van der Waals surface area contributed by atoms with Crippen LogP contribution in [0.4, 0.5) is 4.79 Å². The van der Waals surface area contributed by atoms with Gasteiger partial charge < -0.3 is 30.1 Å². The van der Waals surface area contributed by atoms with Crippen molar-refractivity contribution in [2.24, 2.45) is 5.92 Å². The summed E-state index contributed by atoms with van der Waals surface area (Å²) in [4.78, 5) is 40.7. The Balaban J connectivity index is 2.23. The SMILES string of the molecule is CC[C@H]1CCN2C(=O)[C@@H](NC(=O)OC(C)(C)C)COCCCCCCC[C@@H](CO)NC(=O)[C@H]12. The van der Waals surface area contributed by atoms with Crippen molar-refractivity contribution in [3.63, 3.8) is 0 Å². The van der Waals surface area contributed by atoms with Crippen molar-refractivity contribution in [3.8, 4) is 0 Å². The van der Waals surface area contributed by atoms with Crippen LogP contribution in [-0.4, -0.2) is 78.0 Å². The van der Waals surface area contributed by atoms with E-state index in [0.717, 1.165) is 38.5 Å². The second-order valence-electron chi connectivity index (χ2n) is 10.2. The molecule has 0 saturated carbocycles. The maximum Gasteiger partial charge on any atom is 0.408 e. The Kier molecular flexibility index (Phi) is 10.9. The minimum Gasteiger partial charge on any atom is -0.444 e. The first-order valence-electron chi connectivity index (χ1n) is 12.4. The molecule has 3 N–H and O–H groups in total. The minimum absolute atomic E-state index is 0.0234. The number of nitrogens with one attached hydrogen (secondary N) is 2. The van der Waals surface area contributed by atoms with Gasteiger partial charge in [0.1, 0.15) is 17.7 Å². The second kappa shape index (κ2) is 13.1. The van der Waals surface area contributed by atoms with Gasteiger partial charge in [0.15, 0.2) is 0 Å². The average molecular weight is 470 g/mol. The van der Waals surface area contributed by atoms with Crippen molar-refractivity contribution in [2.75, 3.05) is 26.4 Å². The molecule has 0 unspecified atom stereocenters. The molecule has 2 heterocycles. The first-order chi connectivity index (χ1) is 15.7. The van der Waals surface area contributed by atoms with Crippen molar-refractivity contribution >= 4 is 17.9 Å². The summed E-state index contributed by atoms with van der Waals surface area (Å²) >= 11 is 0. The molecule has 190 valence electrons. The molecular formula is C24H43N3O6. The van der Waals surface area contributed by atoms with Gasteiger partial charge in [0.05, 0.1) is 19.3 Å². The molecule has 33 heavy (non-hydrogen) atoms. The molecule has 0 aromatic carbocycles. The van der Waals surface area contributed by atoms with Gasteiger partial charge in [-0.2, -0.15) is 0 Å². The van der Waals surface area contributed by atoms with E-state index in [4.69, 9.17) is 9.47 Å². The first-order valence-corrected chi connectivity index (χ1v) is 12.4. The fourth-order valence-electron chi connectivity index (χ4n) is 4.53. The summed E-state index contributed by atoms with van der Waals surface area (Å²) in [7, 11) is 0. The Labute approximate surface area is 197 Å². The fourth-order valence-corrected chi connectivity index (χ4v) is 4.53. The molecule has 2 rings (SSSR count). The number of fused-ring (bicyclic) bond motifs is 1. The van der Waals surface area contributed by atoms with Gasteiger partial charge in [0.25, 0.3) is 0 Å². The number of amides is 3. The Morgan fingerprint density at radius 1 is 1.18 bits per heavy atom. The van der Waals surface area contributed by atoms with Crippen molar-refractivity contribution in [1.82, 2.24) is 15.5 Å². The second-order valence-corrected chi connectivity index (χ2v) is 10.2. The molecule has 0 aliphatic carbocycles. The largest absolute Gasteiger partial charge is 0.444 e. The third-order valence-corrected chi connectivity index (χ3v) is 6.28. The van der Waals surface area contributed by atoms with Crippen LogP contribution in [0.1, 0.15) is 79.1 Å². The van der Waals surface area contributed by atoms with Gasteiger partial charge in [0.2, 0.25) is 11.8 Å². The monoisotopic (exact) mass is 469 g/mol. The molecule has 0 radical (unpaired) electrons. The lowest BCUT2D eigenvalue weighted by atomic mass is 9.96. The number of ether oxygens (including phenoxy) is 2. The number of carbonyl (C=O) groups excluding carboxylic acids is 3. The van der Waals surface area contributed by atoms with Crippen LogP contribution in [0.5, 0.6) is 0 Å². The Bertz CT molecular complexity index is 651. The molecule has 2 saturated heterocycles. The van der Waals surface area contributed by atoms with Crippen LogP contribution in [0.2, 0.25) is 0 Å². The summed E-state index contributed by atoms with van der Waals surface area (Å²) in [6.45, 7) is 8.12. The van der Waals surface area contributed by atoms with Crippen molar-refractivity contribution in [1.29, 1.82) is 0 Å². The molecule has 0 aromatic heterocycles. The van der Waals surface area contributed by atoms with E-state index in [9.17, 15) is 19.5 Å². The standard InChI is InChI=1S/C24H43N3O6/c1-5-17-12-13-27-20(17)21(29)25-18(15-28)11-9-7-6-8-10-14-32-16-19(22(27)30)26-23(31)33-24(2,3)4/h17-20,28H,5-16H2,1-4H3,(H,25,29)(H,26,31)/t17-,18-,19-,20-/m0/s1. The van der Waals surface area contributed by atoms with Crippen LogP contribution in [0.3, 0.4) is 0 Å². The third-order valence-electron chi connectivity index (χ3n) is 6.28. The molecular weight excluding hydrogens is 426 g/mol. The van der Waals surface area contributed by atoms with E-state index >= 15 is 0 Å². The van der Waals surface area contributed by atoms with E-state index in [1.165, 1.54) is 0 Å². The predicted molar refractivity (Wildman–Crippen MR) is 125 cm³/mol. The van der Waals surface area contributed by atoms with Gasteiger partial charge in [-0.1, -0.05) is 39.0 Å². The third kappa shape index (κ3) is 8.77. The molecule has 2 fully saturated rings. The lowest BCUT2D eigenvalue weighted by Gasteiger charge is -2.32. The number of carbonyl (C=O) groups is 3. The number of aliphatic hydroxyl groups excluding tert-OH is 1. The maximum atomic E-state index is 13.5. The number of aliphatic hydroxyl groups is 1. The van der Waals surface area contributed by atoms with Crippen LogP contribution >= 0.6 is 0 Å². The highest BCUT2D eigenvalue weighted by atomic mass is 16.6. The molecule has 0 bridgehead atoms. The molecule has 3 amide bonds. The highest BCUT2D eigenvalue weighted by molar-refractivity contribution is 5.92. The summed E-state index contributed by atoms with van der Waals surface area (Å²) in [5, 5.41) is 15.4. The zero-order valence-electron chi connectivity index (χ0n) is 20.7. The highest BCUT2D eigenvalue weighted by Crippen LogP contribution is 2.28. The predicted octanol–water partition coefficient (Wildman–Crippen LogP) is 2.35. The summed E-state index contributed by atoms with van der Waals surface area (Å²) < 4.78 is 11.1. The number of rotatable bonds is 3. The van der Waals surface area contributed by atoms with E-state index in [1.54, 1.807) is 25.7 Å². The van der Waals surface area contributed by atoms with Crippen LogP contribution in [0.15, 0.2) is 0 Å². The highest BCUT2D eigenvalue weighted by Gasteiger charge is 2.43. The molecule has 0 aromatic rings. The van der Waals surface area contributed by atoms with E-state index < -0.39 is 23.8 Å². The van der Waals surface area contributed by atoms with Gasteiger partial charge in [-0.15, -0.1) is 0 Å². The first kappa shape index (κ1) is 27.4. The summed E-state index contributed by atoms with van der Waals surface area (Å²) in [6, 6.07) is -1.89.